The summed E-state index contributed by atoms with van der Waals surface area (Å²) in [5.74, 6) is -0.282. The Morgan fingerprint density at radius 1 is 1.26 bits per heavy atom. The number of alkyl halides is 3. The lowest BCUT2D eigenvalue weighted by molar-refractivity contribution is -0.0584. The van der Waals surface area contributed by atoms with E-state index in [0.717, 1.165) is 24.6 Å². The van der Waals surface area contributed by atoms with E-state index in [4.69, 9.17) is 5.41 Å². The van der Waals surface area contributed by atoms with Crippen molar-refractivity contribution in [2.24, 2.45) is 5.92 Å². The van der Waals surface area contributed by atoms with Crippen molar-refractivity contribution in [1.29, 1.82) is 5.41 Å². The molecule has 1 aromatic carbocycles. The van der Waals surface area contributed by atoms with Gasteiger partial charge < -0.3 is 10.6 Å². The van der Waals surface area contributed by atoms with E-state index in [1.54, 1.807) is 36.7 Å². The summed E-state index contributed by atoms with van der Waals surface area (Å²) in [5, 5.41) is 13.5. The summed E-state index contributed by atoms with van der Waals surface area (Å²) in [4.78, 5) is 16.3. The number of nitrogens with one attached hydrogen (secondary N) is 3. The van der Waals surface area contributed by atoms with Crippen molar-refractivity contribution in [2.45, 2.75) is 25.9 Å². The van der Waals surface area contributed by atoms with Crippen LogP contribution in [0.15, 0.2) is 41.5 Å². The van der Waals surface area contributed by atoms with E-state index >= 15 is 0 Å². The van der Waals surface area contributed by atoms with Gasteiger partial charge in [-0.15, -0.1) is 11.3 Å². The maximum Gasteiger partial charge on any atom is 0.432 e. The molecule has 0 bridgehead atoms. The molecule has 1 aliphatic rings. The molecule has 2 aromatic rings. The number of aromatic nitrogens is 1. The smallest absolute Gasteiger partial charge is 0.359 e. The van der Waals surface area contributed by atoms with Crippen molar-refractivity contribution >= 4 is 33.6 Å². The van der Waals surface area contributed by atoms with Crippen LogP contribution in [0.5, 0.6) is 0 Å². The van der Waals surface area contributed by atoms with Crippen LogP contribution in [-0.2, 0) is 0 Å². The molecular weight excluding hydrogens is 377 g/mol. The summed E-state index contributed by atoms with van der Waals surface area (Å²) in [6.45, 7) is 1.80. The summed E-state index contributed by atoms with van der Waals surface area (Å²) >= 11 is 1.33. The lowest BCUT2D eigenvalue weighted by atomic mass is 10.1. The van der Waals surface area contributed by atoms with Crippen LogP contribution in [0.2, 0.25) is 0 Å². The molecule has 0 atom stereocenters. The number of amides is 1. The van der Waals surface area contributed by atoms with Gasteiger partial charge in [-0.05, 0) is 56.0 Å². The third-order valence-electron chi connectivity index (χ3n) is 4.03. The number of aryl methyl sites for hydroxylation is 1. The number of nitrogens with zero attached hydrogens (tertiary/aromatic N) is 1. The molecule has 27 heavy (non-hydrogen) atoms. The molecule has 1 fully saturated rings. The van der Waals surface area contributed by atoms with Gasteiger partial charge in [0.25, 0.3) is 5.91 Å². The minimum absolute atomic E-state index is 0.00461. The van der Waals surface area contributed by atoms with Gasteiger partial charge in [-0.3, -0.25) is 10.2 Å². The highest BCUT2D eigenvalue weighted by molar-refractivity contribution is 7.14. The maximum absolute atomic E-state index is 12.6. The monoisotopic (exact) mass is 394 g/mol. The first-order valence-corrected chi connectivity index (χ1v) is 9.08. The van der Waals surface area contributed by atoms with Crippen LogP contribution in [0.3, 0.4) is 0 Å². The van der Waals surface area contributed by atoms with Gasteiger partial charge in [0.2, 0.25) is 0 Å². The van der Waals surface area contributed by atoms with E-state index in [-0.39, 0.29) is 11.8 Å². The van der Waals surface area contributed by atoms with Crippen molar-refractivity contribution in [3.8, 4) is 0 Å². The fourth-order valence-electron chi connectivity index (χ4n) is 2.36. The molecule has 1 heterocycles. The largest absolute Gasteiger partial charge is 0.432 e. The Hall–Kier alpha value is -2.68. The summed E-state index contributed by atoms with van der Waals surface area (Å²) in [5.41, 5.74) is 2.35. The van der Waals surface area contributed by atoms with Gasteiger partial charge in [-0.1, -0.05) is 0 Å². The zero-order chi connectivity index (χ0) is 19.6. The van der Waals surface area contributed by atoms with E-state index in [9.17, 15) is 18.0 Å². The average Bonchev–Trinajstić information content (AvgIpc) is 3.38. The van der Waals surface area contributed by atoms with E-state index in [1.807, 2.05) is 0 Å². The number of benzene rings is 1. The van der Waals surface area contributed by atoms with Gasteiger partial charge in [0.05, 0.1) is 11.2 Å². The van der Waals surface area contributed by atoms with Gasteiger partial charge in [-0.2, -0.15) is 13.2 Å². The molecular formula is C18H17F3N4OS. The number of halogens is 3. The number of hydrogen-bond donors (Lipinski definition) is 3. The summed E-state index contributed by atoms with van der Waals surface area (Å²) in [6.07, 6.45) is -2.25. The van der Waals surface area contributed by atoms with Crippen molar-refractivity contribution < 1.29 is 18.0 Å². The SMILES string of the molecule is Cc1ncsc1NC(=O)c1ccc(N/C(=C\C(=N)C(F)(F)F)C2CC2)cc1. The highest BCUT2D eigenvalue weighted by atomic mass is 32.1. The van der Waals surface area contributed by atoms with Crippen molar-refractivity contribution in [1.82, 2.24) is 4.98 Å². The second-order valence-electron chi connectivity index (χ2n) is 6.21. The zero-order valence-electron chi connectivity index (χ0n) is 14.4. The average molecular weight is 394 g/mol. The standard InChI is InChI=1S/C18H17F3N4OS/c1-10-17(27-9-23-10)25-16(26)12-4-6-13(7-5-12)24-14(11-2-3-11)8-15(22)18(19,20)21/h4-9,11,22,24H,2-3H2,1H3,(H,25,26)/b14-8-,22-15?. The number of hydrogen-bond acceptors (Lipinski definition) is 5. The molecule has 1 aliphatic carbocycles. The van der Waals surface area contributed by atoms with Crippen molar-refractivity contribution in [3.05, 3.63) is 52.8 Å². The Labute approximate surface area is 157 Å². The fraction of sp³-hybridized carbons (Fsp3) is 0.278. The number of carbonyl (C=O) groups excluding carboxylic acids is 1. The summed E-state index contributed by atoms with van der Waals surface area (Å²) < 4.78 is 37.8. The summed E-state index contributed by atoms with van der Waals surface area (Å²) in [7, 11) is 0. The Morgan fingerprint density at radius 2 is 1.93 bits per heavy atom. The fourth-order valence-corrected chi connectivity index (χ4v) is 3.05. The normalized spacial score (nSPS) is 14.7. The Bertz CT molecular complexity index is 883. The molecule has 0 spiro atoms. The van der Waals surface area contributed by atoms with Crippen LogP contribution >= 0.6 is 11.3 Å². The number of thiazole rings is 1. The molecule has 0 aliphatic heterocycles. The lowest BCUT2D eigenvalue weighted by Crippen LogP contribution is -2.21. The van der Waals surface area contributed by atoms with Gasteiger partial charge in [0, 0.05) is 16.9 Å². The van der Waals surface area contributed by atoms with Gasteiger partial charge in [-0.25, -0.2) is 4.98 Å². The van der Waals surface area contributed by atoms with E-state index in [0.29, 0.717) is 21.9 Å². The van der Waals surface area contributed by atoms with Gasteiger partial charge in [0.15, 0.2) is 0 Å². The second kappa shape index (κ2) is 7.51. The molecule has 0 saturated heterocycles. The van der Waals surface area contributed by atoms with Crippen LogP contribution in [0.25, 0.3) is 0 Å². The molecule has 5 nitrogen and oxygen atoms in total. The number of carbonyl (C=O) groups is 1. The molecule has 1 saturated carbocycles. The first-order valence-electron chi connectivity index (χ1n) is 8.20. The Balaban J connectivity index is 1.69. The van der Waals surface area contributed by atoms with Gasteiger partial charge >= 0.3 is 6.18 Å². The molecule has 0 unspecified atom stereocenters. The van der Waals surface area contributed by atoms with Crippen molar-refractivity contribution in [2.75, 3.05) is 10.6 Å². The van der Waals surface area contributed by atoms with Crippen LogP contribution in [0.4, 0.5) is 23.9 Å². The number of allylic oxidation sites excluding steroid dienone is 2. The van der Waals surface area contributed by atoms with Gasteiger partial charge in [0.1, 0.15) is 10.7 Å². The van der Waals surface area contributed by atoms with E-state index in [1.165, 1.54) is 11.3 Å². The predicted octanol–water partition coefficient (Wildman–Crippen LogP) is 4.99. The lowest BCUT2D eigenvalue weighted by Gasteiger charge is -2.12. The van der Waals surface area contributed by atoms with E-state index < -0.39 is 11.9 Å². The number of rotatable bonds is 6. The van der Waals surface area contributed by atoms with E-state index in [2.05, 4.69) is 15.6 Å². The van der Waals surface area contributed by atoms with Crippen LogP contribution in [0, 0.1) is 18.3 Å². The highest BCUT2D eigenvalue weighted by Crippen LogP contribution is 2.37. The van der Waals surface area contributed by atoms with Crippen LogP contribution in [0.1, 0.15) is 28.9 Å². The van der Waals surface area contributed by atoms with Crippen LogP contribution < -0.4 is 10.6 Å². The predicted molar refractivity (Wildman–Crippen MR) is 99.5 cm³/mol. The minimum atomic E-state index is -4.67. The Kier molecular flexibility index (Phi) is 5.31. The molecule has 142 valence electrons. The third kappa shape index (κ3) is 4.94. The van der Waals surface area contributed by atoms with Crippen molar-refractivity contribution in [3.63, 3.8) is 0 Å². The topological polar surface area (TPSA) is 77.9 Å². The molecule has 0 radical (unpaired) electrons. The highest BCUT2D eigenvalue weighted by Gasteiger charge is 2.35. The minimum Gasteiger partial charge on any atom is -0.359 e. The molecule has 3 rings (SSSR count). The molecule has 1 amide bonds. The first-order chi connectivity index (χ1) is 12.7. The quantitative estimate of drug-likeness (QED) is 0.604. The Morgan fingerprint density at radius 3 is 2.44 bits per heavy atom. The first kappa shape index (κ1) is 19.1. The van der Waals surface area contributed by atoms with Crippen LogP contribution in [-0.4, -0.2) is 22.8 Å². The number of anilines is 2. The molecule has 1 aromatic heterocycles. The second-order valence-corrected chi connectivity index (χ2v) is 7.06. The zero-order valence-corrected chi connectivity index (χ0v) is 15.2. The molecule has 3 N–H and O–H groups in total. The molecule has 9 heteroatoms. The summed E-state index contributed by atoms with van der Waals surface area (Å²) in [6, 6.07) is 6.44. The maximum atomic E-state index is 12.6. The third-order valence-corrected chi connectivity index (χ3v) is 4.87.